The molecule has 0 aromatic heterocycles. The minimum Gasteiger partial charge on any atom is -0.497 e. The van der Waals surface area contributed by atoms with Gasteiger partial charge in [-0.25, -0.2) is 8.42 Å². The van der Waals surface area contributed by atoms with Crippen molar-refractivity contribution in [1.82, 2.24) is 4.31 Å². The number of hydrogen-bond donors (Lipinski definition) is 1. The number of rotatable bonds is 8. The lowest BCUT2D eigenvalue weighted by atomic mass is 9.93. The molecule has 30 heavy (non-hydrogen) atoms. The maximum Gasteiger partial charge on any atom is 0.236 e. The highest BCUT2D eigenvalue weighted by molar-refractivity contribution is 7.92. The number of nitrogens with zero attached hydrogens (tertiary/aromatic N) is 1. The van der Waals surface area contributed by atoms with Gasteiger partial charge in [0, 0.05) is 36.7 Å². The lowest BCUT2D eigenvalue weighted by Gasteiger charge is -2.30. The Kier molecular flexibility index (Phi) is 7.65. The second-order valence-electron chi connectivity index (χ2n) is 7.42. The summed E-state index contributed by atoms with van der Waals surface area (Å²) < 4.78 is 31.8. The van der Waals surface area contributed by atoms with Crippen LogP contribution in [0.5, 0.6) is 5.75 Å². The number of carbonyl (C=O) groups excluding carboxylic acids is 1. The standard InChI is InChI=1S/C23H28N2O4S/c1-29-22-9-5-8-21(18-22)24-23(26)11-10-20-12-15-25(16-13-20)30(27,28)17-14-19-6-3-2-4-7-19/h2-9,14,17-18,20H,10-13,15-16H2,1H3,(H,24,26). The molecule has 0 radical (unpaired) electrons. The first-order chi connectivity index (χ1) is 14.5. The zero-order valence-electron chi connectivity index (χ0n) is 17.2. The normalized spacial score (nSPS) is 15.9. The summed E-state index contributed by atoms with van der Waals surface area (Å²) in [6.45, 7) is 0.979. The molecule has 0 spiro atoms. The number of carbonyl (C=O) groups is 1. The van der Waals surface area contributed by atoms with Gasteiger partial charge in [-0.15, -0.1) is 0 Å². The summed E-state index contributed by atoms with van der Waals surface area (Å²) in [6, 6.07) is 16.7. The molecule has 2 aromatic carbocycles. The van der Waals surface area contributed by atoms with Gasteiger partial charge in [0.1, 0.15) is 5.75 Å². The Bertz CT molecular complexity index is 966. The first-order valence-corrected chi connectivity index (χ1v) is 11.6. The minimum absolute atomic E-state index is 0.0379. The van der Waals surface area contributed by atoms with Crippen LogP contribution in [0.1, 0.15) is 31.2 Å². The van der Waals surface area contributed by atoms with E-state index in [0.29, 0.717) is 36.9 Å². The van der Waals surface area contributed by atoms with Crippen LogP contribution in [0, 0.1) is 5.92 Å². The molecule has 1 aliphatic rings. The summed E-state index contributed by atoms with van der Waals surface area (Å²) in [6.07, 6.45) is 4.34. The molecule has 1 amide bonds. The molecular formula is C23H28N2O4S. The van der Waals surface area contributed by atoms with E-state index in [1.807, 2.05) is 48.5 Å². The van der Waals surface area contributed by atoms with Gasteiger partial charge in [-0.05, 0) is 49.0 Å². The zero-order valence-corrected chi connectivity index (χ0v) is 18.0. The van der Waals surface area contributed by atoms with E-state index < -0.39 is 10.0 Å². The van der Waals surface area contributed by atoms with Gasteiger partial charge in [0.2, 0.25) is 15.9 Å². The highest BCUT2D eigenvalue weighted by atomic mass is 32.2. The van der Waals surface area contributed by atoms with Gasteiger partial charge < -0.3 is 10.1 Å². The average molecular weight is 429 g/mol. The van der Waals surface area contributed by atoms with Crippen molar-refractivity contribution in [3.05, 3.63) is 65.6 Å². The van der Waals surface area contributed by atoms with Crippen molar-refractivity contribution >= 4 is 27.7 Å². The maximum absolute atomic E-state index is 12.6. The monoisotopic (exact) mass is 428 g/mol. The van der Waals surface area contributed by atoms with E-state index in [1.54, 1.807) is 19.3 Å². The molecule has 6 nitrogen and oxygen atoms in total. The average Bonchev–Trinajstić information content (AvgIpc) is 2.77. The molecule has 0 unspecified atom stereocenters. The number of piperidine rings is 1. The molecule has 1 saturated heterocycles. The third-order valence-corrected chi connectivity index (χ3v) is 6.86. The second kappa shape index (κ2) is 10.4. The molecule has 1 N–H and O–H groups in total. The minimum atomic E-state index is -3.42. The molecule has 1 aliphatic heterocycles. The van der Waals surface area contributed by atoms with Gasteiger partial charge in [-0.2, -0.15) is 4.31 Å². The van der Waals surface area contributed by atoms with Crippen LogP contribution in [0.3, 0.4) is 0 Å². The van der Waals surface area contributed by atoms with Crippen LogP contribution in [0.25, 0.3) is 6.08 Å². The molecule has 1 heterocycles. The van der Waals surface area contributed by atoms with Gasteiger partial charge in [-0.1, -0.05) is 36.4 Å². The summed E-state index contributed by atoms with van der Waals surface area (Å²) in [5, 5.41) is 4.17. The van der Waals surface area contributed by atoms with Crippen LogP contribution in [0.2, 0.25) is 0 Å². The van der Waals surface area contributed by atoms with Gasteiger partial charge >= 0.3 is 0 Å². The van der Waals surface area contributed by atoms with Crippen molar-refractivity contribution in [3.63, 3.8) is 0 Å². The van der Waals surface area contributed by atoms with E-state index in [1.165, 1.54) is 9.71 Å². The highest BCUT2D eigenvalue weighted by Gasteiger charge is 2.26. The number of anilines is 1. The molecule has 160 valence electrons. The fourth-order valence-electron chi connectivity index (χ4n) is 3.53. The van der Waals surface area contributed by atoms with E-state index in [2.05, 4.69) is 5.32 Å². The summed E-state index contributed by atoms with van der Waals surface area (Å²) in [4.78, 5) is 12.2. The van der Waals surface area contributed by atoms with Crippen molar-refractivity contribution in [3.8, 4) is 5.75 Å². The molecule has 2 aromatic rings. The maximum atomic E-state index is 12.6. The molecule has 0 atom stereocenters. The third kappa shape index (κ3) is 6.43. The number of nitrogens with one attached hydrogen (secondary N) is 1. The lowest BCUT2D eigenvalue weighted by molar-refractivity contribution is -0.116. The van der Waals surface area contributed by atoms with E-state index in [9.17, 15) is 13.2 Å². The number of benzene rings is 2. The predicted octanol–water partition coefficient (Wildman–Crippen LogP) is 4.13. The molecule has 0 saturated carbocycles. The SMILES string of the molecule is COc1cccc(NC(=O)CCC2CCN(S(=O)(=O)C=Cc3ccccc3)CC2)c1. The first-order valence-electron chi connectivity index (χ1n) is 10.1. The van der Waals surface area contributed by atoms with Crippen molar-refractivity contribution in [2.24, 2.45) is 5.92 Å². The third-order valence-electron chi connectivity index (χ3n) is 5.30. The number of sulfonamides is 1. The molecule has 1 fully saturated rings. The molecule has 0 bridgehead atoms. The van der Waals surface area contributed by atoms with Crippen LogP contribution in [0.15, 0.2) is 60.0 Å². The predicted molar refractivity (Wildman–Crippen MR) is 120 cm³/mol. The molecule has 3 rings (SSSR count). The van der Waals surface area contributed by atoms with Crippen LogP contribution in [-0.4, -0.2) is 38.8 Å². The summed E-state index contributed by atoms with van der Waals surface area (Å²) in [7, 11) is -1.83. The fraction of sp³-hybridized carbons (Fsp3) is 0.348. The first kappa shape index (κ1) is 22.1. The number of amides is 1. The lowest BCUT2D eigenvalue weighted by Crippen LogP contribution is -2.37. The van der Waals surface area contributed by atoms with Crippen molar-refractivity contribution < 1.29 is 17.9 Å². The van der Waals surface area contributed by atoms with Crippen molar-refractivity contribution in [2.75, 3.05) is 25.5 Å². The van der Waals surface area contributed by atoms with Crippen molar-refractivity contribution in [1.29, 1.82) is 0 Å². The largest absolute Gasteiger partial charge is 0.497 e. The second-order valence-corrected chi connectivity index (χ2v) is 9.24. The molecular weight excluding hydrogens is 400 g/mol. The Morgan fingerprint density at radius 1 is 1.13 bits per heavy atom. The van der Waals surface area contributed by atoms with E-state index >= 15 is 0 Å². The van der Waals surface area contributed by atoms with Crippen LogP contribution < -0.4 is 10.1 Å². The Morgan fingerprint density at radius 2 is 1.87 bits per heavy atom. The Morgan fingerprint density at radius 3 is 2.57 bits per heavy atom. The smallest absolute Gasteiger partial charge is 0.236 e. The van der Waals surface area contributed by atoms with Crippen LogP contribution in [-0.2, 0) is 14.8 Å². The summed E-state index contributed by atoms with van der Waals surface area (Å²) in [5.74, 6) is 1.01. The summed E-state index contributed by atoms with van der Waals surface area (Å²) in [5.41, 5.74) is 1.57. The van der Waals surface area contributed by atoms with Gasteiger partial charge in [-0.3, -0.25) is 4.79 Å². The molecule has 7 heteroatoms. The van der Waals surface area contributed by atoms with Gasteiger partial charge in [0.05, 0.1) is 7.11 Å². The Hall–Kier alpha value is -2.64. The quantitative estimate of drug-likeness (QED) is 0.686. The topological polar surface area (TPSA) is 75.7 Å². The Balaban J connectivity index is 1.43. The zero-order chi connectivity index (χ0) is 21.4. The number of methoxy groups -OCH3 is 1. The van der Waals surface area contributed by atoms with Crippen molar-refractivity contribution in [2.45, 2.75) is 25.7 Å². The summed E-state index contributed by atoms with van der Waals surface area (Å²) >= 11 is 0. The highest BCUT2D eigenvalue weighted by Crippen LogP contribution is 2.25. The van der Waals surface area contributed by atoms with Crippen LogP contribution in [0.4, 0.5) is 5.69 Å². The van der Waals surface area contributed by atoms with E-state index in [0.717, 1.165) is 24.8 Å². The number of hydrogen-bond acceptors (Lipinski definition) is 4. The van der Waals surface area contributed by atoms with Gasteiger partial charge in [0.25, 0.3) is 0 Å². The number of ether oxygens (including phenoxy) is 1. The van der Waals surface area contributed by atoms with E-state index in [-0.39, 0.29) is 5.91 Å². The Labute approximate surface area is 178 Å². The fourth-order valence-corrected chi connectivity index (χ4v) is 4.75. The van der Waals surface area contributed by atoms with E-state index in [4.69, 9.17) is 4.74 Å². The van der Waals surface area contributed by atoms with Crippen LogP contribution >= 0.6 is 0 Å². The molecule has 0 aliphatic carbocycles. The van der Waals surface area contributed by atoms with Gasteiger partial charge in [0.15, 0.2) is 0 Å².